The Morgan fingerprint density at radius 2 is 1.56 bits per heavy atom. The van der Waals surface area contributed by atoms with E-state index in [2.05, 4.69) is 0 Å². The molecule has 5 rings (SSSR count). The molecule has 32 heavy (non-hydrogen) atoms. The number of ketones is 2. The summed E-state index contributed by atoms with van der Waals surface area (Å²) in [5.74, 6) is -2.43. The standard InChI is InChI=1S/C24H20O8/c1-10(25)24-9-8-15-16(23(24)32-24)22(31-12(3)27)18-17(21(15)30-11(2)26)19(28)13-6-4-5-7-14(13)20(18)29/h4-7,10,23,25H,8-9H2,1-3H3/t10-,23-,24-/m0/s1. The number of aliphatic hydroxyl groups excluding tert-OH is 1. The molecule has 0 amide bonds. The fourth-order valence-corrected chi connectivity index (χ4v) is 4.91. The predicted molar refractivity (Wildman–Crippen MR) is 109 cm³/mol. The van der Waals surface area contributed by atoms with Crippen LogP contribution in [0.1, 0.15) is 76.3 Å². The second-order valence-electron chi connectivity index (χ2n) is 8.32. The van der Waals surface area contributed by atoms with Crippen LogP contribution in [0, 0.1) is 0 Å². The summed E-state index contributed by atoms with van der Waals surface area (Å²) in [6, 6.07) is 6.33. The molecule has 0 saturated carbocycles. The number of ether oxygens (including phenoxy) is 3. The van der Waals surface area contributed by atoms with Crippen LogP contribution in [0.15, 0.2) is 24.3 Å². The first kappa shape index (κ1) is 20.5. The highest BCUT2D eigenvalue weighted by Crippen LogP contribution is 2.63. The zero-order chi connectivity index (χ0) is 22.9. The van der Waals surface area contributed by atoms with Crippen molar-refractivity contribution in [1.82, 2.24) is 0 Å². The van der Waals surface area contributed by atoms with Crippen LogP contribution in [0.5, 0.6) is 11.5 Å². The quantitative estimate of drug-likeness (QED) is 0.378. The normalized spacial score (nSPS) is 23.3. The van der Waals surface area contributed by atoms with Crippen LogP contribution in [0.4, 0.5) is 0 Å². The Morgan fingerprint density at radius 1 is 1.03 bits per heavy atom. The van der Waals surface area contributed by atoms with E-state index >= 15 is 0 Å². The summed E-state index contributed by atoms with van der Waals surface area (Å²) in [5, 5.41) is 10.3. The van der Waals surface area contributed by atoms with E-state index < -0.39 is 41.3 Å². The molecule has 1 N–H and O–H groups in total. The van der Waals surface area contributed by atoms with Gasteiger partial charge in [0.05, 0.1) is 17.2 Å². The number of hydrogen-bond donors (Lipinski definition) is 1. The second-order valence-corrected chi connectivity index (χ2v) is 8.32. The lowest BCUT2D eigenvalue weighted by Gasteiger charge is -2.30. The number of epoxide rings is 1. The molecule has 0 spiro atoms. The summed E-state index contributed by atoms with van der Waals surface area (Å²) >= 11 is 0. The fraction of sp³-hybridized carbons (Fsp3) is 0.333. The zero-order valence-electron chi connectivity index (χ0n) is 17.7. The Hall–Kier alpha value is -3.36. The van der Waals surface area contributed by atoms with Gasteiger partial charge in [-0.05, 0) is 19.8 Å². The summed E-state index contributed by atoms with van der Waals surface area (Å²) in [6.07, 6.45) is -0.783. The molecule has 0 bridgehead atoms. The first-order chi connectivity index (χ1) is 15.2. The van der Waals surface area contributed by atoms with Crippen LogP contribution in [0.25, 0.3) is 0 Å². The zero-order valence-corrected chi connectivity index (χ0v) is 17.7. The third kappa shape index (κ3) is 2.69. The lowest BCUT2D eigenvalue weighted by atomic mass is 9.74. The number of esters is 2. The van der Waals surface area contributed by atoms with E-state index in [4.69, 9.17) is 14.2 Å². The average Bonchev–Trinajstić information content (AvgIpc) is 3.49. The molecular formula is C24H20O8. The summed E-state index contributed by atoms with van der Waals surface area (Å²) in [5.41, 5.74) is 0.0751. The van der Waals surface area contributed by atoms with Crippen molar-refractivity contribution in [3.8, 4) is 11.5 Å². The van der Waals surface area contributed by atoms with E-state index in [1.54, 1.807) is 19.1 Å². The molecule has 2 aromatic rings. The molecule has 164 valence electrons. The number of carbonyl (C=O) groups is 4. The molecule has 2 aromatic carbocycles. The molecule has 8 heteroatoms. The minimum absolute atomic E-state index is 0.0130. The van der Waals surface area contributed by atoms with Gasteiger partial charge in [0.2, 0.25) is 0 Å². The van der Waals surface area contributed by atoms with Crippen molar-refractivity contribution >= 4 is 23.5 Å². The fourth-order valence-electron chi connectivity index (χ4n) is 4.91. The molecule has 1 fully saturated rings. The summed E-state index contributed by atoms with van der Waals surface area (Å²) in [4.78, 5) is 51.0. The highest BCUT2D eigenvalue weighted by atomic mass is 16.6. The highest BCUT2D eigenvalue weighted by molar-refractivity contribution is 6.30. The first-order valence-corrected chi connectivity index (χ1v) is 10.3. The van der Waals surface area contributed by atoms with Crippen LogP contribution in [0.2, 0.25) is 0 Å². The Bertz CT molecular complexity index is 1240. The molecule has 2 aliphatic carbocycles. The minimum atomic E-state index is -0.886. The van der Waals surface area contributed by atoms with Crippen LogP contribution in [0.3, 0.4) is 0 Å². The Morgan fingerprint density at radius 3 is 2.09 bits per heavy atom. The van der Waals surface area contributed by atoms with E-state index in [-0.39, 0.29) is 33.8 Å². The van der Waals surface area contributed by atoms with E-state index in [1.165, 1.54) is 26.0 Å². The Kier molecular flexibility index (Phi) is 4.38. The average molecular weight is 436 g/mol. The third-order valence-electron chi connectivity index (χ3n) is 6.37. The third-order valence-corrected chi connectivity index (χ3v) is 6.37. The van der Waals surface area contributed by atoms with Gasteiger partial charge in [-0.25, -0.2) is 0 Å². The van der Waals surface area contributed by atoms with Gasteiger partial charge in [-0.3, -0.25) is 19.2 Å². The number of carbonyl (C=O) groups excluding carboxylic acids is 4. The maximum atomic E-state index is 13.5. The van der Waals surface area contributed by atoms with Crippen molar-refractivity contribution in [3.05, 3.63) is 57.6 Å². The van der Waals surface area contributed by atoms with Gasteiger partial charge in [0.1, 0.15) is 23.2 Å². The van der Waals surface area contributed by atoms with Crippen molar-refractivity contribution < 1.29 is 38.5 Å². The monoisotopic (exact) mass is 436 g/mol. The van der Waals surface area contributed by atoms with Gasteiger partial charge < -0.3 is 19.3 Å². The van der Waals surface area contributed by atoms with E-state index in [1.807, 2.05) is 0 Å². The summed E-state index contributed by atoms with van der Waals surface area (Å²) in [6.45, 7) is 4.01. The molecule has 3 aliphatic rings. The van der Waals surface area contributed by atoms with Crippen molar-refractivity contribution in [2.45, 2.75) is 51.4 Å². The predicted octanol–water partition coefficient (Wildman–Crippen LogP) is 2.45. The van der Waals surface area contributed by atoms with Crippen molar-refractivity contribution in [2.75, 3.05) is 0 Å². The molecular weight excluding hydrogens is 416 g/mol. The molecule has 1 aliphatic heterocycles. The van der Waals surface area contributed by atoms with Gasteiger partial charge >= 0.3 is 11.9 Å². The molecule has 3 atom stereocenters. The molecule has 0 aromatic heterocycles. The number of hydrogen-bond acceptors (Lipinski definition) is 8. The van der Waals surface area contributed by atoms with Crippen LogP contribution in [-0.2, 0) is 20.7 Å². The van der Waals surface area contributed by atoms with Gasteiger partial charge in [0.25, 0.3) is 0 Å². The number of rotatable bonds is 3. The number of fused-ring (bicyclic) bond motifs is 5. The minimum Gasteiger partial charge on any atom is -0.426 e. The van der Waals surface area contributed by atoms with E-state index in [0.29, 0.717) is 24.0 Å². The lowest BCUT2D eigenvalue weighted by molar-refractivity contribution is -0.133. The van der Waals surface area contributed by atoms with Crippen LogP contribution >= 0.6 is 0 Å². The topological polar surface area (TPSA) is 120 Å². The van der Waals surface area contributed by atoms with Gasteiger partial charge in [-0.2, -0.15) is 0 Å². The lowest BCUT2D eigenvalue weighted by Crippen LogP contribution is -2.33. The molecule has 0 radical (unpaired) electrons. The number of aliphatic hydroxyl groups is 1. The highest BCUT2D eigenvalue weighted by Gasteiger charge is 2.64. The summed E-state index contributed by atoms with van der Waals surface area (Å²) in [7, 11) is 0. The van der Waals surface area contributed by atoms with Gasteiger partial charge in [0, 0.05) is 36.1 Å². The van der Waals surface area contributed by atoms with E-state index in [9.17, 15) is 24.3 Å². The van der Waals surface area contributed by atoms with Crippen molar-refractivity contribution in [3.63, 3.8) is 0 Å². The first-order valence-electron chi connectivity index (χ1n) is 10.3. The maximum absolute atomic E-state index is 13.5. The molecule has 0 unspecified atom stereocenters. The molecule has 1 heterocycles. The Labute approximate surface area is 183 Å². The van der Waals surface area contributed by atoms with Gasteiger partial charge in [-0.15, -0.1) is 0 Å². The Balaban J connectivity index is 1.87. The SMILES string of the molecule is CC(=O)Oc1c2c(c(OC(C)=O)c3c1C(=O)c1ccccc1C3=O)[C@@H]1O[C@]1([C@H](C)O)CC2. The number of benzene rings is 2. The second kappa shape index (κ2) is 6.82. The molecule has 1 saturated heterocycles. The van der Waals surface area contributed by atoms with Crippen molar-refractivity contribution in [1.29, 1.82) is 0 Å². The van der Waals surface area contributed by atoms with Gasteiger partial charge in [-0.1, -0.05) is 24.3 Å². The smallest absolute Gasteiger partial charge is 0.308 e. The summed E-state index contributed by atoms with van der Waals surface area (Å²) < 4.78 is 16.9. The molecule has 8 nitrogen and oxygen atoms in total. The largest absolute Gasteiger partial charge is 0.426 e. The van der Waals surface area contributed by atoms with Gasteiger partial charge in [0.15, 0.2) is 11.6 Å². The maximum Gasteiger partial charge on any atom is 0.308 e. The van der Waals surface area contributed by atoms with E-state index in [0.717, 1.165) is 0 Å². The van der Waals surface area contributed by atoms with Crippen LogP contribution < -0.4 is 9.47 Å². The van der Waals surface area contributed by atoms with Crippen LogP contribution in [-0.4, -0.2) is 40.3 Å². The van der Waals surface area contributed by atoms with Crippen molar-refractivity contribution in [2.24, 2.45) is 0 Å².